The van der Waals surface area contributed by atoms with E-state index in [4.69, 9.17) is 14.2 Å². The van der Waals surface area contributed by atoms with Gasteiger partial charge < -0.3 is 19.1 Å². The normalized spacial score (nSPS) is 11.8. The molecule has 0 spiro atoms. The van der Waals surface area contributed by atoms with Crippen molar-refractivity contribution in [3.05, 3.63) is 23.8 Å². The number of benzene rings is 1. The summed E-state index contributed by atoms with van der Waals surface area (Å²) in [5.41, 5.74) is 1.00. The highest BCUT2D eigenvalue weighted by molar-refractivity contribution is 5.78. The SMILES string of the molecule is COC(=O)C(C)CN(CC(C)C)C(=O)CCc1ccc(OC)c(OC)c1. The van der Waals surface area contributed by atoms with Crippen molar-refractivity contribution in [2.24, 2.45) is 11.8 Å². The molecule has 0 aliphatic heterocycles. The number of esters is 1. The number of carbonyl (C=O) groups is 2. The molecule has 0 bridgehead atoms. The van der Waals surface area contributed by atoms with E-state index in [2.05, 4.69) is 13.8 Å². The van der Waals surface area contributed by atoms with Crippen molar-refractivity contribution in [2.45, 2.75) is 33.6 Å². The lowest BCUT2D eigenvalue weighted by Gasteiger charge is -2.27. The number of hydrogen-bond acceptors (Lipinski definition) is 5. The average molecular weight is 365 g/mol. The summed E-state index contributed by atoms with van der Waals surface area (Å²) in [6.45, 7) is 6.87. The molecule has 6 heteroatoms. The minimum Gasteiger partial charge on any atom is -0.493 e. The van der Waals surface area contributed by atoms with Crippen LogP contribution in [0.3, 0.4) is 0 Å². The maximum Gasteiger partial charge on any atom is 0.310 e. The molecule has 1 amide bonds. The minimum absolute atomic E-state index is 0.0317. The van der Waals surface area contributed by atoms with Gasteiger partial charge in [0.15, 0.2) is 11.5 Å². The first-order chi connectivity index (χ1) is 12.3. The number of ether oxygens (including phenoxy) is 3. The Balaban J connectivity index is 2.75. The summed E-state index contributed by atoms with van der Waals surface area (Å²) in [6.07, 6.45) is 0.969. The molecule has 0 radical (unpaired) electrons. The van der Waals surface area contributed by atoms with Crippen LogP contribution in [0.2, 0.25) is 0 Å². The fourth-order valence-electron chi connectivity index (χ4n) is 2.77. The van der Waals surface area contributed by atoms with Crippen molar-refractivity contribution in [2.75, 3.05) is 34.4 Å². The Morgan fingerprint density at radius 1 is 1.00 bits per heavy atom. The fourth-order valence-corrected chi connectivity index (χ4v) is 2.77. The molecule has 1 aromatic rings. The molecule has 0 aliphatic carbocycles. The van der Waals surface area contributed by atoms with Crippen molar-refractivity contribution in [1.29, 1.82) is 0 Å². The molecule has 0 heterocycles. The summed E-state index contributed by atoms with van der Waals surface area (Å²) in [5, 5.41) is 0. The van der Waals surface area contributed by atoms with E-state index in [0.29, 0.717) is 43.3 Å². The number of hydrogen-bond donors (Lipinski definition) is 0. The summed E-state index contributed by atoms with van der Waals surface area (Å²) in [5.74, 6) is 1.02. The zero-order valence-corrected chi connectivity index (χ0v) is 16.7. The predicted octanol–water partition coefficient (Wildman–Crippen LogP) is 2.93. The first-order valence-electron chi connectivity index (χ1n) is 8.88. The molecule has 0 saturated carbocycles. The molecule has 0 N–H and O–H groups in total. The zero-order chi connectivity index (χ0) is 19.7. The topological polar surface area (TPSA) is 65.1 Å². The number of methoxy groups -OCH3 is 3. The van der Waals surface area contributed by atoms with Crippen LogP contribution in [0.4, 0.5) is 0 Å². The van der Waals surface area contributed by atoms with Gasteiger partial charge in [0.2, 0.25) is 5.91 Å². The summed E-state index contributed by atoms with van der Waals surface area (Å²) in [6, 6.07) is 5.65. The van der Waals surface area contributed by atoms with Gasteiger partial charge in [-0.1, -0.05) is 26.8 Å². The highest BCUT2D eigenvalue weighted by Crippen LogP contribution is 2.28. The lowest BCUT2D eigenvalue weighted by Crippen LogP contribution is -2.39. The van der Waals surface area contributed by atoms with Gasteiger partial charge in [0.05, 0.1) is 27.2 Å². The van der Waals surface area contributed by atoms with Gasteiger partial charge in [-0.25, -0.2) is 0 Å². The van der Waals surface area contributed by atoms with Crippen LogP contribution in [0.25, 0.3) is 0 Å². The number of carbonyl (C=O) groups excluding carboxylic acids is 2. The van der Waals surface area contributed by atoms with Crippen LogP contribution in [0.1, 0.15) is 32.8 Å². The van der Waals surface area contributed by atoms with Gasteiger partial charge in [0.1, 0.15) is 0 Å². The van der Waals surface area contributed by atoms with Gasteiger partial charge in [0.25, 0.3) is 0 Å². The van der Waals surface area contributed by atoms with Gasteiger partial charge in [-0.2, -0.15) is 0 Å². The summed E-state index contributed by atoms with van der Waals surface area (Å²) in [4.78, 5) is 26.1. The van der Waals surface area contributed by atoms with Gasteiger partial charge in [-0.3, -0.25) is 9.59 Å². The first-order valence-corrected chi connectivity index (χ1v) is 8.88. The molecule has 146 valence electrons. The fraction of sp³-hybridized carbons (Fsp3) is 0.600. The second-order valence-electron chi connectivity index (χ2n) is 6.81. The Morgan fingerprint density at radius 3 is 2.19 bits per heavy atom. The average Bonchev–Trinajstić information content (AvgIpc) is 2.63. The van der Waals surface area contributed by atoms with E-state index in [1.54, 1.807) is 26.0 Å². The quantitative estimate of drug-likeness (QED) is 0.597. The molecule has 0 fully saturated rings. The van der Waals surface area contributed by atoms with Gasteiger partial charge in [-0.05, 0) is 30.0 Å². The third-order valence-electron chi connectivity index (χ3n) is 4.11. The standard InChI is InChI=1S/C20H31NO5/c1-14(2)12-21(13-15(3)20(23)26-6)19(22)10-8-16-7-9-17(24-4)18(11-16)25-5/h7,9,11,14-15H,8,10,12-13H2,1-6H3. The molecule has 26 heavy (non-hydrogen) atoms. The lowest BCUT2D eigenvalue weighted by molar-refractivity contribution is -0.146. The van der Waals surface area contributed by atoms with E-state index < -0.39 is 0 Å². The largest absolute Gasteiger partial charge is 0.493 e. The van der Waals surface area contributed by atoms with E-state index in [0.717, 1.165) is 5.56 Å². The second kappa shape index (κ2) is 10.7. The molecule has 1 aromatic carbocycles. The Kier molecular flexibility index (Phi) is 8.96. The molecule has 0 aromatic heterocycles. The first kappa shape index (κ1) is 21.8. The Morgan fingerprint density at radius 2 is 1.65 bits per heavy atom. The number of aryl methyl sites for hydroxylation is 1. The van der Waals surface area contributed by atoms with E-state index in [-0.39, 0.29) is 17.8 Å². The molecule has 0 saturated heterocycles. The van der Waals surface area contributed by atoms with Crippen molar-refractivity contribution in [1.82, 2.24) is 4.90 Å². The van der Waals surface area contributed by atoms with Crippen LogP contribution in [-0.2, 0) is 20.7 Å². The molecule has 6 nitrogen and oxygen atoms in total. The van der Waals surface area contributed by atoms with Gasteiger partial charge >= 0.3 is 5.97 Å². The highest BCUT2D eigenvalue weighted by Gasteiger charge is 2.22. The van der Waals surface area contributed by atoms with Crippen molar-refractivity contribution >= 4 is 11.9 Å². The zero-order valence-electron chi connectivity index (χ0n) is 16.7. The molecule has 1 atom stereocenters. The minimum atomic E-state index is -0.344. The monoisotopic (exact) mass is 365 g/mol. The molecular weight excluding hydrogens is 334 g/mol. The maximum atomic E-state index is 12.7. The maximum absolute atomic E-state index is 12.7. The highest BCUT2D eigenvalue weighted by atomic mass is 16.5. The van der Waals surface area contributed by atoms with Gasteiger partial charge in [0, 0.05) is 19.5 Å². The van der Waals surface area contributed by atoms with E-state index in [9.17, 15) is 9.59 Å². The Labute approximate surface area is 156 Å². The third-order valence-corrected chi connectivity index (χ3v) is 4.11. The van der Waals surface area contributed by atoms with E-state index in [1.165, 1.54) is 7.11 Å². The van der Waals surface area contributed by atoms with E-state index >= 15 is 0 Å². The summed E-state index contributed by atoms with van der Waals surface area (Å²) >= 11 is 0. The molecular formula is C20H31NO5. The molecule has 1 unspecified atom stereocenters. The molecule has 1 rings (SSSR count). The van der Waals surface area contributed by atoms with Crippen LogP contribution in [0.5, 0.6) is 11.5 Å². The van der Waals surface area contributed by atoms with Gasteiger partial charge in [-0.15, -0.1) is 0 Å². The Bertz CT molecular complexity index is 600. The number of nitrogens with zero attached hydrogens (tertiary/aromatic N) is 1. The number of rotatable bonds is 10. The third kappa shape index (κ3) is 6.58. The Hall–Kier alpha value is -2.24. The van der Waals surface area contributed by atoms with Crippen LogP contribution in [-0.4, -0.2) is 51.2 Å². The van der Waals surface area contributed by atoms with Crippen LogP contribution in [0, 0.1) is 11.8 Å². The lowest BCUT2D eigenvalue weighted by atomic mass is 10.1. The van der Waals surface area contributed by atoms with Crippen molar-refractivity contribution in [3.8, 4) is 11.5 Å². The van der Waals surface area contributed by atoms with Crippen LogP contribution >= 0.6 is 0 Å². The van der Waals surface area contributed by atoms with Crippen molar-refractivity contribution < 1.29 is 23.8 Å². The predicted molar refractivity (Wildman–Crippen MR) is 100 cm³/mol. The summed E-state index contributed by atoms with van der Waals surface area (Å²) in [7, 11) is 4.54. The molecule has 0 aliphatic rings. The van der Waals surface area contributed by atoms with Crippen LogP contribution in [0.15, 0.2) is 18.2 Å². The van der Waals surface area contributed by atoms with Crippen molar-refractivity contribution in [3.63, 3.8) is 0 Å². The number of amides is 1. The second-order valence-corrected chi connectivity index (χ2v) is 6.81. The van der Waals surface area contributed by atoms with E-state index in [1.807, 2.05) is 18.2 Å². The summed E-state index contributed by atoms with van der Waals surface area (Å²) < 4.78 is 15.3. The van der Waals surface area contributed by atoms with Crippen LogP contribution < -0.4 is 9.47 Å². The smallest absolute Gasteiger partial charge is 0.310 e.